The molecular weight excluding hydrogens is 262 g/mol. The quantitative estimate of drug-likeness (QED) is 0.928. The summed E-state index contributed by atoms with van der Waals surface area (Å²) < 4.78 is 31.7. The van der Waals surface area contributed by atoms with Crippen LogP contribution < -0.4 is 10.1 Å². The van der Waals surface area contributed by atoms with Crippen molar-refractivity contribution in [1.29, 1.82) is 5.26 Å². The molecule has 3 nitrogen and oxygen atoms in total. The Bertz CT molecular complexity index is 665. The molecule has 20 heavy (non-hydrogen) atoms. The Labute approximate surface area is 115 Å². The van der Waals surface area contributed by atoms with Gasteiger partial charge >= 0.3 is 0 Å². The lowest BCUT2D eigenvalue weighted by atomic mass is 10.1. The van der Waals surface area contributed by atoms with Crippen molar-refractivity contribution in [2.45, 2.75) is 6.54 Å². The van der Waals surface area contributed by atoms with E-state index in [2.05, 4.69) is 5.32 Å². The summed E-state index contributed by atoms with van der Waals surface area (Å²) in [5.41, 5.74) is 1.23. The average Bonchev–Trinajstić information content (AvgIpc) is 2.47. The number of rotatable bonds is 4. The van der Waals surface area contributed by atoms with E-state index in [1.54, 1.807) is 18.2 Å². The third-order valence-corrected chi connectivity index (χ3v) is 2.81. The van der Waals surface area contributed by atoms with E-state index in [1.165, 1.54) is 7.11 Å². The zero-order valence-electron chi connectivity index (χ0n) is 10.8. The fourth-order valence-electron chi connectivity index (χ4n) is 1.81. The minimum absolute atomic E-state index is 0.0643. The maximum Gasteiger partial charge on any atom is 0.146 e. The lowest BCUT2D eigenvalue weighted by Crippen LogP contribution is -2.04. The van der Waals surface area contributed by atoms with Gasteiger partial charge in [0.1, 0.15) is 17.4 Å². The van der Waals surface area contributed by atoms with E-state index in [1.807, 2.05) is 6.07 Å². The molecule has 0 unspecified atom stereocenters. The molecule has 0 spiro atoms. The molecule has 0 aliphatic heterocycles. The fourth-order valence-corrected chi connectivity index (χ4v) is 1.81. The lowest BCUT2D eigenvalue weighted by molar-refractivity contribution is 0.410. The van der Waals surface area contributed by atoms with E-state index in [9.17, 15) is 8.78 Å². The summed E-state index contributed by atoms with van der Waals surface area (Å²) in [4.78, 5) is 0. The Kier molecular flexibility index (Phi) is 4.16. The van der Waals surface area contributed by atoms with Crippen LogP contribution in [0.5, 0.6) is 5.75 Å². The summed E-state index contributed by atoms with van der Waals surface area (Å²) in [6.45, 7) is 0.221. The normalized spacial score (nSPS) is 9.90. The summed E-state index contributed by atoms with van der Waals surface area (Å²) in [5, 5.41) is 11.7. The van der Waals surface area contributed by atoms with Gasteiger partial charge in [-0.3, -0.25) is 0 Å². The third kappa shape index (κ3) is 3.04. The van der Waals surface area contributed by atoms with Crippen LogP contribution in [0.1, 0.15) is 11.1 Å². The van der Waals surface area contributed by atoms with Gasteiger partial charge in [0.2, 0.25) is 0 Å². The topological polar surface area (TPSA) is 45.0 Å². The van der Waals surface area contributed by atoms with Crippen molar-refractivity contribution in [3.05, 3.63) is 59.2 Å². The second kappa shape index (κ2) is 6.02. The van der Waals surface area contributed by atoms with Gasteiger partial charge in [0, 0.05) is 12.1 Å². The van der Waals surface area contributed by atoms with Crippen LogP contribution in [-0.2, 0) is 6.54 Å². The number of ether oxygens (including phenoxy) is 1. The first-order valence-corrected chi connectivity index (χ1v) is 5.90. The first-order valence-electron chi connectivity index (χ1n) is 5.90. The monoisotopic (exact) mass is 274 g/mol. The number of nitriles is 1. The van der Waals surface area contributed by atoms with Gasteiger partial charge in [-0.2, -0.15) is 5.26 Å². The molecule has 5 heteroatoms. The van der Waals surface area contributed by atoms with Crippen LogP contribution in [0.4, 0.5) is 14.5 Å². The van der Waals surface area contributed by atoms with Gasteiger partial charge in [-0.05, 0) is 36.4 Å². The molecule has 0 atom stereocenters. The van der Waals surface area contributed by atoms with Crippen LogP contribution >= 0.6 is 0 Å². The highest BCUT2D eigenvalue weighted by atomic mass is 19.1. The number of anilines is 1. The summed E-state index contributed by atoms with van der Waals surface area (Å²) in [6, 6.07) is 10.1. The Morgan fingerprint density at radius 3 is 2.70 bits per heavy atom. The van der Waals surface area contributed by atoms with E-state index in [0.29, 0.717) is 16.9 Å². The fraction of sp³-hybridized carbons (Fsp3) is 0.133. The number of nitrogens with zero attached hydrogens (tertiary/aromatic N) is 1. The van der Waals surface area contributed by atoms with Crippen LogP contribution in [-0.4, -0.2) is 7.11 Å². The molecule has 102 valence electrons. The van der Waals surface area contributed by atoms with Crippen molar-refractivity contribution < 1.29 is 13.5 Å². The third-order valence-electron chi connectivity index (χ3n) is 2.81. The number of hydrogen-bond acceptors (Lipinski definition) is 3. The highest BCUT2D eigenvalue weighted by Gasteiger charge is 2.07. The van der Waals surface area contributed by atoms with Gasteiger partial charge in [-0.25, -0.2) is 8.78 Å². The van der Waals surface area contributed by atoms with E-state index in [4.69, 9.17) is 10.00 Å². The molecule has 0 saturated heterocycles. The first kappa shape index (κ1) is 13.8. The number of hydrogen-bond donors (Lipinski definition) is 1. The molecule has 0 radical (unpaired) electrons. The smallest absolute Gasteiger partial charge is 0.146 e. The van der Waals surface area contributed by atoms with Gasteiger partial charge in [-0.15, -0.1) is 0 Å². The molecule has 0 heterocycles. The van der Waals surface area contributed by atoms with Crippen molar-refractivity contribution in [1.82, 2.24) is 0 Å². The van der Waals surface area contributed by atoms with Crippen molar-refractivity contribution in [2.75, 3.05) is 12.4 Å². The molecule has 0 saturated carbocycles. The molecule has 2 rings (SSSR count). The second-order valence-corrected chi connectivity index (χ2v) is 4.12. The zero-order valence-corrected chi connectivity index (χ0v) is 10.8. The van der Waals surface area contributed by atoms with E-state index in [0.717, 1.165) is 18.2 Å². The number of halogens is 2. The minimum atomic E-state index is -0.540. The zero-order chi connectivity index (χ0) is 14.5. The predicted octanol–water partition coefficient (Wildman–Crippen LogP) is 3.46. The maximum absolute atomic E-state index is 13.5. The van der Waals surface area contributed by atoms with Crippen LogP contribution in [0.15, 0.2) is 36.4 Å². The van der Waals surface area contributed by atoms with Crippen LogP contribution in [0.25, 0.3) is 0 Å². The highest BCUT2D eigenvalue weighted by Crippen LogP contribution is 2.22. The van der Waals surface area contributed by atoms with Crippen molar-refractivity contribution >= 4 is 5.69 Å². The first-order chi connectivity index (χ1) is 9.63. The molecule has 1 N–H and O–H groups in total. The maximum atomic E-state index is 13.5. The van der Waals surface area contributed by atoms with Crippen LogP contribution in [0, 0.1) is 23.0 Å². The molecule has 0 aliphatic rings. The molecule has 2 aromatic carbocycles. The molecule has 0 fully saturated rings. The highest BCUT2D eigenvalue weighted by molar-refractivity contribution is 5.48. The second-order valence-electron chi connectivity index (χ2n) is 4.12. The molecule has 0 aromatic heterocycles. The number of benzene rings is 2. The lowest BCUT2D eigenvalue weighted by Gasteiger charge is -2.11. The molecule has 0 amide bonds. The average molecular weight is 274 g/mol. The van der Waals surface area contributed by atoms with Crippen molar-refractivity contribution in [3.63, 3.8) is 0 Å². The van der Waals surface area contributed by atoms with Crippen molar-refractivity contribution in [3.8, 4) is 11.8 Å². The number of methoxy groups -OCH3 is 1. The van der Waals surface area contributed by atoms with E-state index in [-0.39, 0.29) is 12.2 Å². The van der Waals surface area contributed by atoms with Gasteiger partial charge in [0.25, 0.3) is 0 Å². The molecule has 0 aliphatic carbocycles. The summed E-state index contributed by atoms with van der Waals surface area (Å²) in [7, 11) is 1.51. The van der Waals surface area contributed by atoms with Gasteiger partial charge in [-0.1, -0.05) is 0 Å². The Morgan fingerprint density at radius 2 is 2.00 bits per heavy atom. The Balaban J connectivity index is 2.22. The van der Waals surface area contributed by atoms with Gasteiger partial charge < -0.3 is 10.1 Å². The molecule has 0 bridgehead atoms. The van der Waals surface area contributed by atoms with Gasteiger partial charge in [0.15, 0.2) is 0 Å². The Morgan fingerprint density at radius 1 is 1.20 bits per heavy atom. The summed E-state index contributed by atoms with van der Waals surface area (Å²) in [5.74, 6) is -0.484. The van der Waals surface area contributed by atoms with Crippen LogP contribution in [0.2, 0.25) is 0 Å². The predicted molar refractivity (Wildman–Crippen MR) is 71.4 cm³/mol. The molecule has 2 aromatic rings. The Hall–Kier alpha value is -2.61. The summed E-state index contributed by atoms with van der Waals surface area (Å²) in [6.07, 6.45) is 0. The minimum Gasteiger partial charge on any atom is -0.496 e. The number of nitrogens with one attached hydrogen (secondary N) is 1. The van der Waals surface area contributed by atoms with E-state index < -0.39 is 11.6 Å². The van der Waals surface area contributed by atoms with Gasteiger partial charge in [0.05, 0.1) is 24.4 Å². The molecular formula is C15H12F2N2O. The van der Waals surface area contributed by atoms with Crippen molar-refractivity contribution in [2.24, 2.45) is 0 Å². The van der Waals surface area contributed by atoms with Crippen LogP contribution in [0.3, 0.4) is 0 Å². The standard InChI is InChI=1S/C15H12F2N2O/c1-20-15-5-2-10(8-18)6-11(15)9-19-14-7-12(16)3-4-13(14)17/h2-7,19H,9H2,1H3. The largest absolute Gasteiger partial charge is 0.496 e. The van der Waals surface area contributed by atoms with E-state index >= 15 is 0 Å². The SMILES string of the molecule is COc1ccc(C#N)cc1CNc1cc(F)ccc1F. The summed E-state index contributed by atoms with van der Waals surface area (Å²) >= 11 is 0.